The van der Waals surface area contributed by atoms with Crippen LogP contribution in [-0.2, 0) is 4.79 Å². The van der Waals surface area contributed by atoms with Crippen molar-refractivity contribution in [3.8, 4) is 11.5 Å². The molecule has 0 atom stereocenters. The highest BCUT2D eigenvalue weighted by Crippen LogP contribution is 2.29. The van der Waals surface area contributed by atoms with Gasteiger partial charge in [0.15, 0.2) is 23.2 Å². The maximum absolute atomic E-state index is 12.6. The minimum atomic E-state index is -0.0276. The molecule has 0 radical (unpaired) electrons. The van der Waals surface area contributed by atoms with E-state index in [0.717, 1.165) is 34.1 Å². The number of aromatic nitrogens is 2. The monoisotopic (exact) mass is 424 g/mol. The molecule has 0 spiro atoms. The Morgan fingerprint density at radius 1 is 1.20 bits per heavy atom. The van der Waals surface area contributed by atoms with Crippen molar-refractivity contribution in [1.82, 2.24) is 14.9 Å². The van der Waals surface area contributed by atoms with Gasteiger partial charge in [0.1, 0.15) is 10.3 Å². The number of ether oxygens (including phenoxy) is 2. The second-order valence-electron chi connectivity index (χ2n) is 6.89. The number of carbonyl (C=O) groups is 1. The molecule has 30 heavy (non-hydrogen) atoms. The molecule has 0 aliphatic carbocycles. The molecular weight excluding hydrogens is 400 g/mol. The van der Waals surface area contributed by atoms with Crippen LogP contribution in [0.2, 0.25) is 0 Å². The molecule has 2 aromatic heterocycles. The van der Waals surface area contributed by atoms with E-state index in [9.17, 15) is 4.79 Å². The minimum absolute atomic E-state index is 0.00954. The third-order valence-electron chi connectivity index (χ3n) is 4.96. The first-order chi connectivity index (χ1) is 14.7. The number of hydrogen-bond acceptors (Lipinski definition) is 7. The summed E-state index contributed by atoms with van der Waals surface area (Å²) in [6.07, 6.45) is 5.73. The predicted octanol–water partition coefficient (Wildman–Crippen LogP) is 3.46. The predicted molar refractivity (Wildman–Crippen MR) is 119 cm³/mol. The maximum atomic E-state index is 12.6. The van der Waals surface area contributed by atoms with Crippen molar-refractivity contribution in [2.45, 2.75) is 6.92 Å². The first-order valence-electron chi connectivity index (χ1n) is 9.85. The zero-order chi connectivity index (χ0) is 20.9. The van der Waals surface area contributed by atoms with E-state index in [1.54, 1.807) is 24.6 Å². The molecule has 0 N–H and O–H groups in total. The van der Waals surface area contributed by atoms with Crippen LogP contribution in [0.4, 0.5) is 5.13 Å². The van der Waals surface area contributed by atoms with Gasteiger partial charge in [0.25, 0.3) is 5.91 Å². The number of anilines is 1. The lowest BCUT2D eigenvalue weighted by Gasteiger charge is -2.34. The molecule has 1 amide bonds. The zero-order valence-corrected chi connectivity index (χ0v) is 17.9. The van der Waals surface area contributed by atoms with E-state index >= 15 is 0 Å². The molecule has 1 saturated heterocycles. The van der Waals surface area contributed by atoms with Gasteiger partial charge in [-0.25, -0.2) is 9.97 Å². The normalized spacial score (nSPS) is 14.5. The van der Waals surface area contributed by atoms with Crippen LogP contribution in [0.25, 0.3) is 16.4 Å². The number of thiazole rings is 1. The number of pyridine rings is 1. The summed E-state index contributed by atoms with van der Waals surface area (Å²) >= 11 is 1.59. The highest BCUT2D eigenvalue weighted by atomic mass is 32.1. The van der Waals surface area contributed by atoms with Crippen molar-refractivity contribution in [2.75, 3.05) is 44.8 Å². The van der Waals surface area contributed by atoms with Crippen LogP contribution in [0.1, 0.15) is 12.5 Å². The van der Waals surface area contributed by atoms with Crippen LogP contribution < -0.4 is 14.4 Å². The van der Waals surface area contributed by atoms with Crippen LogP contribution in [0.5, 0.6) is 11.5 Å². The molecular formula is C22H24N4O3S. The number of hydrogen-bond donors (Lipinski definition) is 0. The van der Waals surface area contributed by atoms with Gasteiger partial charge in [0, 0.05) is 32.4 Å². The second kappa shape index (κ2) is 9.13. The van der Waals surface area contributed by atoms with Gasteiger partial charge in [-0.3, -0.25) is 4.79 Å². The lowest BCUT2D eigenvalue weighted by molar-refractivity contribution is -0.133. The Kier molecular flexibility index (Phi) is 6.13. The Bertz CT molecular complexity index is 1020. The summed E-state index contributed by atoms with van der Waals surface area (Å²) in [5.74, 6) is 1.16. The lowest BCUT2D eigenvalue weighted by atomic mass is 10.2. The summed E-state index contributed by atoms with van der Waals surface area (Å²) in [5.41, 5.74) is 1.94. The number of fused-ring (bicyclic) bond motifs is 1. The molecule has 1 aromatic carbocycles. The van der Waals surface area contributed by atoms with Crippen LogP contribution in [-0.4, -0.2) is 60.7 Å². The third kappa shape index (κ3) is 4.38. The Hall–Kier alpha value is -3.13. The summed E-state index contributed by atoms with van der Waals surface area (Å²) in [6.45, 7) is 4.72. The number of piperazine rings is 1. The van der Waals surface area contributed by atoms with Crippen LogP contribution in [0.3, 0.4) is 0 Å². The van der Waals surface area contributed by atoms with E-state index in [4.69, 9.17) is 9.47 Å². The van der Waals surface area contributed by atoms with Crippen LogP contribution >= 0.6 is 11.3 Å². The average molecular weight is 425 g/mol. The number of benzene rings is 1. The topological polar surface area (TPSA) is 67.8 Å². The summed E-state index contributed by atoms with van der Waals surface area (Å²) in [7, 11) is 1.60. The third-order valence-corrected chi connectivity index (χ3v) is 6.00. The average Bonchev–Trinajstić information content (AvgIpc) is 3.22. The van der Waals surface area contributed by atoms with Gasteiger partial charge in [-0.15, -0.1) is 0 Å². The highest BCUT2D eigenvalue weighted by molar-refractivity contribution is 7.21. The molecule has 0 bridgehead atoms. The van der Waals surface area contributed by atoms with E-state index in [2.05, 4.69) is 14.9 Å². The van der Waals surface area contributed by atoms with E-state index < -0.39 is 0 Å². The number of allylic oxidation sites excluding steroid dienone is 1. The fraction of sp³-hybridized carbons (Fsp3) is 0.318. The zero-order valence-electron chi connectivity index (χ0n) is 17.1. The number of carbonyl (C=O) groups excluding carboxylic acids is 1. The Balaban J connectivity index is 1.32. The molecule has 1 aliphatic rings. The molecule has 1 fully saturated rings. The molecule has 3 aromatic rings. The largest absolute Gasteiger partial charge is 0.493 e. The second-order valence-corrected chi connectivity index (χ2v) is 7.85. The first kappa shape index (κ1) is 20.2. The Morgan fingerprint density at radius 2 is 2.03 bits per heavy atom. The SMILES string of the molecule is C/C=C/c1ccc(OCC(=O)N2CCN(c3nc4cccnc4s3)CC2)c(OC)c1. The van der Waals surface area contributed by atoms with Gasteiger partial charge < -0.3 is 19.3 Å². The molecule has 8 heteroatoms. The molecule has 0 saturated carbocycles. The molecule has 0 unspecified atom stereocenters. The molecule has 4 rings (SSSR count). The lowest BCUT2D eigenvalue weighted by Crippen LogP contribution is -2.50. The molecule has 1 aliphatic heterocycles. The minimum Gasteiger partial charge on any atom is -0.493 e. The van der Waals surface area contributed by atoms with Crippen molar-refractivity contribution >= 4 is 38.8 Å². The summed E-state index contributed by atoms with van der Waals surface area (Å²) < 4.78 is 11.2. The standard InChI is InChI=1S/C22H24N4O3S/c1-3-5-16-7-8-18(19(14-16)28-2)29-15-20(27)25-10-12-26(13-11-25)22-24-17-6-4-9-23-21(17)30-22/h3-9,14H,10-13,15H2,1-2H3/b5-3+. The van der Waals surface area contributed by atoms with Gasteiger partial charge in [0.2, 0.25) is 0 Å². The van der Waals surface area contributed by atoms with E-state index in [-0.39, 0.29) is 12.5 Å². The smallest absolute Gasteiger partial charge is 0.260 e. The Morgan fingerprint density at radius 3 is 2.77 bits per heavy atom. The van der Waals surface area contributed by atoms with Crippen molar-refractivity contribution in [2.24, 2.45) is 0 Å². The highest BCUT2D eigenvalue weighted by Gasteiger charge is 2.23. The van der Waals surface area contributed by atoms with Gasteiger partial charge >= 0.3 is 0 Å². The van der Waals surface area contributed by atoms with Gasteiger partial charge in [-0.05, 0) is 36.8 Å². The fourth-order valence-electron chi connectivity index (χ4n) is 3.37. The van der Waals surface area contributed by atoms with Gasteiger partial charge in [-0.1, -0.05) is 29.6 Å². The van der Waals surface area contributed by atoms with Crippen LogP contribution in [0, 0.1) is 0 Å². The van der Waals surface area contributed by atoms with Crippen molar-refractivity contribution in [3.05, 3.63) is 48.2 Å². The Labute approximate surface area is 179 Å². The van der Waals surface area contributed by atoms with Crippen molar-refractivity contribution in [3.63, 3.8) is 0 Å². The summed E-state index contributed by atoms with van der Waals surface area (Å²) in [5, 5.41) is 0.956. The van der Waals surface area contributed by atoms with Crippen molar-refractivity contribution < 1.29 is 14.3 Å². The van der Waals surface area contributed by atoms with E-state index in [1.165, 1.54) is 0 Å². The molecule has 7 nitrogen and oxygen atoms in total. The number of methoxy groups -OCH3 is 1. The maximum Gasteiger partial charge on any atom is 0.260 e. The first-order valence-corrected chi connectivity index (χ1v) is 10.7. The number of amides is 1. The van der Waals surface area contributed by atoms with Crippen molar-refractivity contribution in [1.29, 1.82) is 0 Å². The van der Waals surface area contributed by atoms with Gasteiger partial charge in [0.05, 0.1) is 7.11 Å². The van der Waals surface area contributed by atoms with Crippen LogP contribution in [0.15, 0.2) is 42.6 Å². The number of nitrogens with zero attached hydrogens (tertiary/aromatic N) is 4. The summed E-state index contributed by atoms with van der Waals surface area (Å²) in [4.78, 5) is 26.6. The quantitative estimate of drug-likeness (QED) is 0.604. The fourth-order valence-corrected chi connectivity index (χ4v) is 4.33. The number of rotatable bonds is 6. The van der Waals surface area contributed by atoms with E-state index in [1.807, 2.05) is 54.3 Å². The van der Waals surface area contributed by atoms with Gasteiger partial charge in [-0.2, -0.15) is 0 Å². The van der Waals surface area contributed by atoms with E-state index in [0.29, 0.717) is 24.6 Å². The summed E-state index contributed by atoms with van der Waals surface area (Å²) in [6, 6.07) is 9.53. The molecule has 156 valence electrons. The molecule has 3 heterocycles.